The van der Waals surface area contributed by atoms with Crippen molar-refractivity contribution in [1.82, 2.24) is 0 Å². The molecule has 0 aromatic heterocycles. The third kappa shape index (κ3) is 32.8. The van der Waals surface area contributed by atoms with Crippen LogP contribution in [-0.4, -0.2) is 27.4 Å². The van der Waals surface area contributed by atoms with Crippen LogP contribution in [-0.2, 0) is 17.8 Å². The monoisotopic (exact) mass is 386 g/mol. The van der Waals surface area contributed by atoms with Gasteiger partial charge in [0.25, 0.3) is 0 Å². The minimum absolute atomic E-state index is 0.167. The summed E-state index contributed by atoms with van der Waals surface area (Å²) in [6, 6.07) is 0. The molecule has 0 aliphatic heterocycles. The third-order valence-electron chi connectivity index (χ3n) is 0.492. The fraction of sp³-hybridized carbons (Fsp3) is 1.00. The van der Waals surface area contributed by atoms with Crippen LogP contribution in [0.1, 0.15) is 0 Å². The zero-order chi connectivity index (χ0) is 8.41. The first-order valence-electron chi connectivity index (χ1n) is 2.27. The van der Waals surface area contributed by atoms with Gasteiger partial charge in [-0.1, -0.05) is 0 Å². The molecule has 0 saturated heterocycles. The van der Waals surface area contributed by atoms with Gasteiger partial charge in [-0.3, -0.25) is 0 Å². The number of hydrogen-bond acceptors (Lipinski definition) is 2. The van der Waals surface area contributed by atoms with Crippen LogP contribution >= 0.6 is 42.5 Å². The molecule has 0 bridgehead atoms. The van der Waals surface area contributed by atoms with E-state index in [-0.39, 0.29) is 8.29 Å². The Labute approximate surface area is 87.0 Å². The summed E-state index contributed by atoms with van der Waals surface area (Å²) in [6.45, 7) is 1.38. The van der Waals surface area contributed by atoms with Gasteiger partial charge in [0.2, 0.25) is 0 Å². The maximum absolute atomic E-state index is 4.66. The second-order valence-electron chi connectivity index (χ2n) is 1.13. The van der Waals surface area contributed by atoms with E-state index in [0.29, 0.717) is 13.2 Å². The van der Waals surface area contributed by atoms with E-state index in [4.69, 9.17) is 0 Å². The van der Waals surface area contributed by atoms with Crippen molar-refractivity contribution >= 4 is 42.5 Å². The Morgan fingerprint density at radius 2 is 1.20 bits per heavy atom. The Morgan fingerprint density at radius 3 is 1.30 bits per heavy atom. The maximum atomic E-state index is 4.66. The van der Waals surface area contributed by atoms with Gasteiger partial charge in [0, 0.05) is 14.2 Å². The van der Waals surface area contributed by atoms with Crippen LogP contribution in [0.2, 0.25) is 0 Å². The summed E-state index contributed by atoms with van der Waals surface area (Å²) in [7, 11) is 3.14. The van der Waals surface area contributed by atoms with Gasteiger partial charge in [-0.15, -0.1) is 0 Å². The van der Waals surface area contributed by atoms with Crippen LogP contribution in [0.25, 0.3) is 0 Å². The predicted octanol–water partition coefficient (Wildman–Crippen LogP) is 2.81. The second kappa shape index (κ2) is 13.5. The SMILES string of the molecule is COCCOC.[Br][Co]([Br])[Br]. The summed E-state index contributed by atoms with van der Waals surface area (Å²) < 4.78 is 9.31. The predicted molar refractivity (Wildman–Crippen MR) is 50.5 cm³/mol. The number of halogens is 3. The fourth-order valence-electron chi connectivity index (χ4n) is 0.167. The van der Waals surface area contributed by atoms with E-state index in [2.05, 4.69) is 52.0 Å². The Balaban J connectivity index is 0. The Hall–Kier alpha value is 1.87. The molecule has 68 valence electrons. The number of ether oxygens (including phenoxy) is 2. The van der Waals surface area contributed by atoms with E-state index in [1.165, 1.54) is 0 Å². The van der Waals surface area contributed by atoms with Crippen LogP contribution in [0.15, 0.2) is 0 Å². The van der Waals surface area contributed by atoms with Crippen molar-refractivity contribution in [3.63, 3.8) is 0 Å². The molecule has 0 rings (SSSR count). The number of hydrogen-bond donors (Lipinski definition) is 0. The zero-order valence-electron chi connectivity index (χ0n) is 5.70. The first-order valence-corrected chi connectivity index (χ1v) is 9.99. The van der Waals surface area contributed by atoms with Crippen molar-refractivity contribution in [3.8, 4) is 0 Å². The Morgan fingerprint density at radius 1 is 1.00 bits per heavy atom. The quantitative estimate of drug-likeness (QED) is 0.692. The van der Waals surface area contributed by atoms with E-state index in [0.717, 1.165) is 0 Å². The van der Waals surface area contributed by atoms with Crippen molar-refractivity contribution < 1.29 is 17.8 Å². The summed E-state index contributed by atoms with van der Waals surface area (Å²) in [5, 5.41) is 0. The van der Waals surface area contributed by atoms with Gasteiger partial charge in [-0.2, -0.15) is 0 Å². The molecule has 0 aliphatic carbocycles. The van der Waals surface area contributed by atoms with Gasteiger partial charge >= 0.3 is 50.8 Å². The van der Waals surface area contributed by atoms with Crippen LogP contribution in [0.3, 0.4) is 0 Å². The molecule has 10 heavy (non-hydrogen) atoms. The molecule has 0 aromatic carbocycles. The first kappa shape index (κ1) is 14.4. The molecular weight excluding hydrogens is 379 g/mol. The molecule has 0 atom stereocenters. The topological polar surface area (TPSA) is 18.5 Å². The van der Waals surface area contributed by atoms with Gasteiger partial charge < -0.3 is 9.47 Å². The molecule has 0 aliphatic rings. The van der Waals surface area contributed by atoms with Crippen LogP contribution in [0.4, 0.5) is 0 Å². The summed E-state index contributed by atoms with van der Waals surface area (Å²) in [5.74, 6) is 0. The van der Waals surface area contributed by atoms with Gasteiger partial charge in [0.1, 0.15) is 0 Å². The number of rotatable bonds is 3. The van der Waals surface area contributed by atoms with Gasteiger partial charge in [-0.25, -0.2) is 0 Å². The molecule has 0 amide bonds. The molecule has 0 heterocycles. The van der Waals surface area contributed by atoms with E-state index in [1.54, 1.807) is 14.2 Å². The van der Waals surface area contributed by atoms with Crippen molar-refractivity contribution in [1.29, 1.82) is 0 Å². The summed E-state index contributed by atoms with van der Waals surface area (Å²) >= 11 is 9.50. The molecule has 0 N–H and O–H groups in total. The van der Waals surface area contributed by atoms with Crippen molar-refractivity contribution in [2.24, 2.45) is 0 Å². The first-order chi connectivity index (χ1) is 4.65. The molecule has 6 heteroatoms. The van der Waals surface area contributed by atoms with Crippen LogP contribution < -0.4 is 0 Å². The van der Waals surface area contributed by atoms with E-state index < -0.39 is 0 Å². The van der Waals surface area contributed by atoms with Crippen LogP contribution in [0, 0.1) is 0 Å². The Bertz CT molecular complexity index is 49.0. The molecule has 0 aromatic rings. The number of methoxy groups -OCH3 is 2. The summed E-state index contributed by atoms with van der Waals surface area (Å²) in [6.07, 6.45) is 0. The third-order valence-corrected chi connectivity index (χ3v) is 0.492. The summed E-state index contributed by atoms with van der Waals surface area (Å²) in [5.41, 5.74) is 0. The van der Waals surface area contributed by atoms with Crippen LogP contribution in [0.5, 0.6) is 0 Å². The molecule has 0 spiro atoms. The fourth-order valence-corrected chi connectivity index (χ4v) is 0.167. The molecule has 0 unspecified atom stereocenters. The molecule has 2 nitrogen and oxygen atoms in total. The molecule has 0 radical (unpaired) electrons. The van der Waals surface area contributed by atoms with Gasteiger partial charge in [0.15, 0.2) is 0 Å². The van der Waals surface area contributed by atoms with Crippen molar-refractivity contribution in [2.45, 2.75) is 0 Å². The molecule has 0 saturated carbocycles. The second-order valence-corrected chi connectivity index (χ2v) is 16.9. The van der Waals surface area contributed by atoms with Gasteiger partial charge in [-0.05, 0) is 0 Å². The minimum atomic E-state index is -0.167. The zero-order valence-corrected chi connectivity index (χ0v) is 11.5. The van der Waals surface area contributed by atoms with Crippen molar-refractivity contribution in [2.75, 3.05) is 27.4 Å². The average molecular weight is 389 g/mol. The molecule has 0 fully saturated rings. The normalized spacial score (nSPS) is 9.90. The summed E-state index contributed by atoms with van der Waals surface area (Å²) in [4.78, 5) is 0. The molecular formula is C4H10Br3CoO2. The van der Waals surface area contributed by atoms with E-state index in [9.17, 15) is 0 Å². The van der Waals surface area contributed by atoms with Gasteiger partial charge in [0.05, 0.1) is 13.2 Å². The van der Waals surface area contributed by atoms with E-state index >= 15 is 0 Å². The average Bonchev–Trinajstić information content (AvgIpc) is 1.82. The Kier molecular flexibility index (Phi) is 19.4. The van der Waals surface area contributed by atoms with E-state index in [1.807, 2.05) is 0 Å². The standard InChI is InChI=1S/C4H10O2.3BrH.Co/c1-5-3-4-6-2;;;;/h3-4H2,1-2H3;3*1H;/q;;;;+3/p-3. The van der Waals surface area contributed by atoms with Crippen molar-refractivity contribution in [3.05, 3.63) is 0 Å².